The van der Waals surface area contributed by atoms with Crippen LogP contribution in [0.25, 0.3) is 0 Å². The quantitative estimate of drug-likeness (QED) is 0.265. The van der Waals surface area contributed by atoms with Gasteiger partial charge >= 0.3 is 6.09 Å². The largest absolute Gasteiger partial charge is 0.436 e. The summed E-state index contributed by atoms with van der Waals surface area (Å²) >= 11 is 0. The van der Waals surface area contributed by atoms with Gasteiger partial charge in [0.25, 0.3) is 11.8 Å². The van der Waals surface area contributed by atoms with Gasteiger partial charge in [-0.25, -0.2) is 9.48 Å². The molecule has 1 aliphatic carbocycles. The molecule has 3 fully saturated rings. The average molecular weight is 606 g/mol. The van der Waals surface area contributed by atoms with Crippen molar-refractivity contribution < 1.29 is 38.6 Å². The summed E-state index contributed by atoms with van der Waals surface area (Å²) in [5.41, 5.74) is 8.20. The van der Waals surface area contributed by atoms with Crippen molar-refractivity contribution in [2.24, 2.45) is 17.4 Å². The number of Topliss-reactive ketones (excluding diaryl/α,β-unsaturated/α-hetero) is 1. The van der Waals surface area contributed by atoms with Gasteiger partial charge in [0.15, 0.2) is 6.10 Å². The molecule has 0 aromatic carbocycles. The molecule has 15 nitrogen and oxygen atoms in total. The molecule has 6 N–H and O–H groups in total. The second-order valence-electron chi connectivity index (χ2n) is 12.4. The van der Waals surface area contributed by atoms with Gasteiger partial charge < -0.3 is 36.3 Å². The van der Waals surface area contributed by atoms with Gasteiger partial charge in [-0.3, -0.25) is 19.2 Å². The topological polar surface area (TPSA) is 222 Å². The summed E-state index contributed by atoms with van der Waals surface area (Å²) in [6, 6.07) is -1.73. The summed E-state index contributed by atoms with van der Waals surface area (Å²) in [4.78, 5) is 66.4. The summed E-state index contributed by atoms with van der Waals surface area (Å²) in [5.74, 6) is -3.25. The number of amides is 4. The Bertz CT molecular complexity index is 1200. The van der Waals surface area contributed by atoms with E-state index in [2.05, 4.69) is 15.6 Å². The van der Waals surface area contributed by atoms with Crippen LogP contribution in [-0.2, 0) is 34.3 Å². The molecule has 1 saturated carbocycles. The molecule has 4 amide bonds. The lowest BCUT2D eigenvalue weighted by Crippen LogP contribution is -2.62. The van der Waals surface area contributed by atoms with E-state index in [4.69, 9.17) is 20.9 Å². The van der Waals surface area contributed by atoms with Crippen LogP contribution in [0.3, 0.4) is 0 Å². The number of aliphatic hydroxyl groups is 1. The SMILES string of the molecule is CC(C)(O)c1cnnn1[C@H]1C[C@@H](C(=O)NC2(C(=O)C(N)=O)CCCOCC2)N(C(=O)C(CC2CCCCC2)OC(N)=O)C1. The second-order valence-corrected chi connectivity index (χ2v) is 12.4. The van der Waals surface area contributed by atoms with Crippen molar-refractivity contribution in [1.82, 2.24) is 25.2 Å². The van der Waals surface area contributed by atoms with E-state index in [1.165, 1.54) is 15.8 Å². The number of carbonyl (C=O) groups is 5. The molecule has 2 aliphatic heterocycles. The van der Waals surface area contributed by atoms with Crippen LogP contribution in [0.1, 0.15) is 89.8 Å². The third kappa shape index (κ3) is 7.50. The second kappa shape index (κ2) is 13.4. The maximum atomic E-state index is 14.1. The minimum Gasteiger partial charge on any atom is -0.436 e. The van der Waals surface area contributed by atoms with Gasteiger partial charge in [-0.2, -0.15) is 0 Å². The third-order valence-electron chi connectivity index (χ3n) is 8.80. The van der Waals surface area contributed by atoms with Crippen molar-refractivity contribution in [1.29, 1.82) is 0 Å². The smallest absolute Gasteiger partial charge is 0.405 e. The fourth-order valence-electron chi connectivity index (χ4n) is 6.60. The van der Waals surface area contributed by atoms with Gasteiger partial charge in [-0.05, 0) is 39.0 Å². The first-order valence-electron chi connectivity index (χ1n) is 15.0. The van der Waals surface area contributed by atoms with Crippen LogP contribution in [0.4, 0.5) is 4.79 Å². The van der Waals surface area contributed by atoms with Crippen molar-refractivity contribution in [2.75, 3.05) is 19.8 Å². The summed E-state index contributed by atoms with van der Waals surface area (Å²) in [5, 5.41) is 21.5. The number of hydrogen-bond donors (Lipinski definition) is 4. The molecule has 3 heterocycles. The first-order chi connectivity index (χ1) is 20.3. The molecule has 2 unspecified atom stereocenters. The Morgan fingerprint density at radius 1 is 1.14 bits per heavy atom. The highest BCUT2D eigenvalue weighted by atomic mass is 16.6. The monoisotopic (exact) mass is 605 g/mol. The van der Waals surface area contributed by atoms with Gasteiger partial charge in [-0.1, -0.05) is 37.3 Å². The number of nitrogens with zero attached hydrogens (tertiary/aromatic N) is 4. The zero-order chi connectivity index (χ0) is 31.4. The van der Waals surface area contributed by atoms with E-state index in [1.54, 1.807) is 13.8 Å². The number of carbonyl (C=O) groups excluding carboxylic acids is 5. The molecule has 15 heteroatoms. The molecular weight excluding hydrogens is 562 g/mol. The lowest BCUT2D eigenvalue weighted by atomic mass is 9.84. The summed E-state index contributed by atoms with van der Waals surface area (Å²) in [6.45, 7) is 3.58. The summed E-state index contributed by atoms with van der Waals surface area (Å²) in [7, 11) is 0. The highest BCUT2D eigenvalue weighted by molar-refractivity contribution is 6.39. The minimum absolute atomic E-state index is 0.0213. The molecule has 43 heavy (non-hydrogen) atoms. The highest BCUT2D eigenvalue weighted by Crippen LogP contribution is 2.34. The Labute approximate surface area is 250 Å². The van der Waals surface area contributed by atoms with Crippen LogP contribution in [0, 0.1) is 5.92 Å². The number of aromatic nitrogens is 3. The van der Waals surface area contributed by atoms with Crippen LogP contribution >= 0.6 is 0 Å². The maximum Gasteiger partial charge on any atom is 0.405 e. The zero-order valence-electron chi connectivity index (χ0n) is 24.8. The number of ether oxygens (including phenoxy) is 2. The number of rotatable bonds is 10. The molecule has 4 atom stereocenters. The predicted molar refractivity (Wildman–Crippen MR) is 150 cm³/mol. The van der Waals surface area contributed by atoms with Gasteiger partial charge in [0.2, 0.25) is 11.7 Å². The number of primary amides is 2. The molecule has 1 aromatic rings. The Hall–Kier alpha value is -3.59. The first-order valence-corrected chi connectivity index (χ1v) is 15.0. The van der Waals surface area contributed by atoms with E-state index in [0.29, 0.717) is 18.7 Å². The Morgan fingerprint density at radius 3 is 2.51 bits per heavy atom. The Morgan fingerprint density at radius 2 is 1.86 bits per heavy atom. The van der Waals surface area contributed by atoms with E-state index in [0.717, 1.165) is 32.1 Å². The maximum absolute atomic E-state index is 14.1. The number of likely N-dealkylation sites (tertiary alicyclic amines) is 1. The number of ketones is 1. The lowest BCUT2D eigenvalue weighted by molar-refractivity contribution is -0.148. The fourth-order valence-corrected chi connectivity index (χ4v) is 6.60. The van der Waals surface area contributed by atoms with Gasteiger partial charge in [0, 0.05) is 32.6 Å². The van der Waals surface area contributed by atoms with Crippen molar-refractivity contribution in [2.45, 2.75) is 107 Å². The molecular formula is C28H43N7O8. The van der Waals surface area contributed by atoms with Crippen LogP contribution < -0.4 is 16.8 Å². The van der Waals surface area contributed by atoms with Crippen molar-refractivity contribution in [3.63, 3.8) is 0 Å². The Balaban J connectivity index is 1.67. The molecule has 0 bridgehead atoms. The first kappa shape index (κ1) is 32.3. The van der Waals surface area contributed by atoms with Crippen LogP contribution in [-0.4, -0.2) is 92.0 Å². The standard InChI is InChI=1S/C28H43N7O8/c1-27(2,41)21-15-31-33-35(21)18-14-19(24(38)32-28(22(36)23(29)37)9-6-11-42-12-10-28)34(16-18)25(39)20(43-26(30)40)13-17-7-4-3-5-8-17/h15,17-20,41H,3-14,16H2,1-2H3,(H2,29,37)(H2,30,40)(H,32,38)/t18-,19-,20?,28?/m0/s1. The zero-order valence-corrected chi connectivity index (χ0v) is 24.8. The van der Waals surface area contributed by atoms with Crippen LogP contribution in [0.2, 0.25) is 0 Å². The molecule has 2 saturated heterocycles. The van der Waals surface area contributed by atoms with E-state index < -0.39 is 58.9 Å². The third-order valence-corrected chi connectivity index (χ3v) is 8.80. The molecule has 238 valence electrons. The fraction of sp³-hybridized carbons (Fsp3) is 0.750. The molecule has 1 aromatic heterocycles. The van der Waals surface area contributed by atoms with E-state index in [9.17, 15) is 29.1 Å². The van der Waals surface area contributed by atoms with E-state index >= 15 is 0 Å². The Kier molecular flexibility index (Phi) is 10.1. The van der Waals surface area contributed by atoms with Gasteiger partial charge in [-0.15, -0.1) is 5.10 Å². The molecule has 3 aliphatic rings. The van der Waals surface area contributed by atoms with Crippen molar-refractivity contribution in [3.8, 4) is 0 Å². The minimum atomic E-state index is -1.59. The number of nitrogens with one attached hydrogen (secondary N) is 1. The predicted octanol–water partition coefficient (Wildman–Crippen LogP) is 0.192. The van der Waals surface area contributed by atoms with E-state index in [-0.39, 0.29) is 44.8 Å². The van der Waals surface area contributed by atoms with Crippen LogP contribution in [0.15, 0.2) is 6.20 Å². The number of hydrogen-bond acceptors (Lipinski definition) is 10. The molecule has 0 spiro atoms. The highest BCUT2D eigenvalue weighted by Gasteiger charge is 2.49. The normalized spacial score (nSPS) is 25.9. The van der Waals surface area contributed by atoms with Gasteiger partial charge in [0.1, 0.15) is 17.2 Å². The van der Waals surface area contributed by atoms with E-state index in [1.807, 2.05) is 0 Å². The average Bonchev–Trinajstić information content (AvgIpc) is 3.56. The van der Waals surface area contributed by atoms with Gasteiger partial charge in [0.05, 0.1) is 17.9 Å². The molecule has 4 rings (SSSR count). The van der Waals surface area contributed by atoms with Crippen molar-refractivity contribution >= 4 is 29.6 Å². The lowest BCUT2D eigenvalue weighted by Gasteiger charge is -2.34. The molecule has 0 radical (unpaired) electrons. The van der Waals surface area contributed by atoms with Crippen LogP contribution in [0.5, 0.6) is 0 Å². The number of nitrogens with two attached hydrogens (primary N) is 2. The summed E-state index contributed by atoms with van der Waals surface area (Å²) < 4.78 is 12.3. The van der Waals surface area contributed by atoms with Crippen molar-refractivity contribution in [3.05, 3.63) is 11.9 Å². The summed E-state index contributed by atoms with van der Waals surface area (Å²) in [6.07, 6.45) is 4.84.